The Morgan fingerprint density at radius 1 is 1.21 bits per heavy atom. The first-order valence-corrected chi connectivity index (χ1v) is 10.0. The number of ketones is 1. The number of aliphatic hydroxyl groups excluding tert-OH is 1. The average Bonchev–Trinajstić information content (AvgIpc) is 3.33. The molecule has 1 amide bonds. The third-order valence-corrected chi connectivity index (χ3v) is 5.37. The minimum absolute atomic E-state index is 0.103. The molecule has 1 aromatic carbocycles. The van der Waals surface area contributed by atoms with Crippen LogP contribution in [0.25, 0.3) is 0 Å². The first kappa shape index (κ1) is 20.1. The topological polar surface area (TPSA) is 76.1 Å². The third-order valence-electron chi connectivity index (χ3n) is 4.50. The minimum atomic E-state index is -0.669. The number of carbonyl (C=O) groups is 2. The van der Waals surface area contributed by atoms with Crippen LogP contribution in [0.1, 0.15) is 34.6 Å². The SMILES string of the molecule is CCCOc1ccc(C2C(C(=O)c3cccs3)=C(O)C(=O)N2CCOC)cc1. The van der Waals surface area contributed by atoms with Crippen LogP contribution in [-0.4, -0.2) is 48.6 Å². The molecule has 7 heteroatoms. The lowest BCUT2D eigenvalue weighted by molar-refractivity contribution is -0.130. The first-order valence-electron chi connectivity index (χ1n) is 9.12. The van der Waals surface area contributed by atoms with Crippen molar-refractivity contribution < 1.29 is 24.2 Å². The highest BCUT2D eigenvalue weighted by molar-refractivity contribution is 7.12. The zero-order valence-electron chi connectivity index (χ0n) is 15.9. The average molecular weight is 401 g/mol. The van der Waals surface area contributed by atoms with Gasteiger partial charge in [0.25, 0.3) is 5.91 Å². The van der Waals surface area contributed by atoms with Gasteiger partial charge in [-0.2, -0.15) is 0 Å². The van der Waals surface area contributed by atoms with Crippen molar-refractivity contribution in [2.24, 2.45) is 0 Å². The van der Waals surface area contributed by atoms with Crippen LogP contribution in [0, 0.1) is 0 Å². The second-order valence-electron chi connectivity index (χ2n) is 6.38. The highest BCUT2D eigenvalue weighted by Crippen LogP contribution is 2.39. The molecule has 3 rings (SSSR count). The Labute approximate surface area is 168 Å². The van der Waals surface area contributed by atoms with Gasteiger partial charge in [0.2, 0.25) is 5.78 Å². The number of methoxy groups -OCH3 is 1. The number of rotatable bonds is 9. The van der Waals surface area contributed by atoms with Gasteiger partial charge in [0.1, 0.15) is 5.75 Å². The van der Waals surface area contributed by atoms with Crippen LogP contribution < -0.4 is 4.74 Å². The van der Waals surface area contributed by atoms with Gasteiger partial charge in [-0.15, -0.1) is 11.3 Å². The van der Waals surface area contributed by atoms with Gasteiger partial charge in [0.05, 0.1) is 29.7 Å². The molecule has 1 N–H and O–H groups in total. The van der Waals surface area contributed by atoms with Crippen molar-refractivity contribution in [2.75, 3.05) is 26.9 Å². The monoisotopic (exact) mass is 401 g/mol. The van der Waals surface area contributed by atoms with Gasteiger partial charge in [-0.3, -0.25) is 9.59 Å². The van der Waals surface area contributed by atoms with Crippen LogP contribution in [0.4, 0.5) is 0 Å². The van der Waals surface area contributed by atoms with E-state index in [9.17, 15) is 14.7 Å². The van der Waals surface area contributed by atoms with E-state index in [1.165, 1.54) is 16.2 Å². The fourth-order valence-corrected chi connectivity index (χ4v) is 3.84. The summed E-state index contributed by atoms with van der Waals surface area (Å²) >= 11 is 1.28. The van der Waals surface area contributed by atoms with E-state index >= 15 is 0 Å². The van der Waals surface area contributed by atoms with E-state index < -0.39 is 17.7 Å². The number of amides is 1. The molecule has 1 aliphatic heterocycles. The zero-order chi connectivity index (χ0) is 20.1. The lowest BCUT2D eigenvalue weighted by atomic mass is 9.95. The summed E-state index contributed by atoms with van der Waals surface area (Å²) in [7, 11) is 1.54. The maximum absolute atomic E-state index is 13.0. The molecule has 148 valence electrons. The summed E-state index contributed by atoms with van der Waals surface area (Å²) in [6.07, 6.45) is 0.903. The Balaban J connectivity index is 1.98. The standard InChI is InChI=1S/C21H23NO5S/c1-3-11-27-15-8-6-14(7-9-15)18-17(19(23)16-5-4-13-28-16)20(24)21(25)22(18)10-12-26-2/h4-9,13,18,24H,3,10-12H2,1-2H3. The molecule has 6 nitrogen and oxygen atoms in total. The maximum Gasteiger partial charge on any atom is 0.290 e. The van der Waals surface area contributed by atoms with Crippen LogP contribution in [0.5, 0.6) is 5.75 Å². The molecule has 1 aromatic heterocycles. The van der Waals surface area contributed by atoms with E-state index in [1.54, 1.807) is 24.6 Å². The van der Waals surface area contributed by atoms with Gasteiger partial charge >= 0.3 is 0 Å². The third kappa shape index (κ3) is 3.95. The molecule has 1 unspecified atom stereocenters. The van der Waals surface area contributed by atoms with E-state index in [2.05, 4.69) is 0 Å². The number of hydrogen-bond donors (Lipinski definition) is 1. The van der Waals surface area contributed by atoms with Crippen molar-refractivity contribution in [2.45, 2.75) is 19.4 Å². The molecule has 0 spiro atoms. The number of ether oxygens (including phenoxy) is 2. The number of hydrogen-bond acceptors (Lipinski definition) is 6. The van der Waals surface area contributed by atoms with Crippen LogP contribution in [-0.2, 0) is 9.53 Å². The van der Waals surface area contributed by atoms with Crippen molar-refractivity contribution in [3.05, 3.63) is 63.6 Å². The molecular formula is C21H23NO5S. The molecule has 0 saturated carbocycles. The Hall–Kier alpha value is -2.64. The molecule has 2 heterocycles. The molecule has 1 aliphatic rings. The highest BCUT2D eigenvalue weighted by atomic mass is 32.1. The Morgan fingerprint density at radius 3 is 2.57 bits per heavy atom. The normalized spacial score (nSPS) is 16.7. The summed E-state index contributed by atoms with van der Waals surface area (Å²) in [6.45, 7) is 3.21. The predicted octanol–water partition coefficient (Wildman–Crippen LogP) is 3.76. The van der Waals surface area contributed by atoms with Gasteiger partial charge in [-0.25, -0.2) is 0 Å². The smallest absolute Gasteiger partial charge is 0.290 e. The van der Waals surface area contributed by atoms with E-state index in [4.69, 9.17) is 9.47 Å². The van der Waals surface area contributed by atoms with Crippen molar-refractivity contribution in [3.63, 3.8) is 0 Å². The van der Waals surface area contributed by atoms with Gasteiger partial charge in [0, 0.05) is 13.7 Å². The van der Waals surface area contributed by atoms with Crippen molar-refractivity contribution in [1.29, 1.82) is 0 Å². The summed E-state index contributed by atoms with van der Waals surface area (Å²) in [4.78, 5) is 27.7. The molecule has 28 heavy (non-hydrogen) atoms. The Kier molecular flexibility index (Phi) is 6.49. The predicted molar refractivity (Wildman–Crippen MR) is 107 cm³/mol. The molecule has 2 aromatic rings. The number of carbonyl (C=O) groups excluding carboxylic acids is 2. The summed E-state index contributed by atoms with van der Waals surface area (Å²) in [6, 6.07) is 10.1. The summed E-state index contributed by atoms with van der Waals surface area (Å²) in [5.41, 5.74) is 0.836. The zero-order valence-corrected chi connectivity index (χ0v) is 16.7. The quantitative estimate of drug-likeness (QED) is 0.648. The molecule has 0 fully saturated rings. The fourth-order valence-electron chi connectivity index (χ4n) is 3.16. The minimum Gasteiger partial charge on any atom is -0.503 e. The molecule has 0 saturated heterocycles. The lowest BCUT2D eigenvalue weighted by Gasteiger charge is -2.26. The van der Waals surface area contributed by atoms with E-state index in [0.29, 0.717) is 18.1 Å². The number of Topliss-reactive ketones (excluding diaryl/α,β-unsaturated/α-hetero) is 1. The van der Waals surface area contributed by atoms with Gasteiger partial charge in [0.15, 0.2) is 5.76 Å². The first-order chi connectivity index (χ1) is 13.6. The summed E-state index contributed by atoms with van der Waals surface area (Å²) in [5, 5.41) is 12.3. The van der Waals surface area contributed by atoms with E-state index in [1.807, 2.05) is 31.2 Å². The maximum atomic E-state index is 13.0. The number of thiophene rings is 1. The molecular weight excluding hydrogens is 378 g/mol. The largest absolute Gasteiger partial charge is 0.503 e. The number of aliphatic hydroxyl groups is 1. The van der Waals surface area contributed by atoms with Crippen LogP contribution in [0.2, 0.25) is 0 Å². The lowest BCUT2D eigenvalue weighted by Crippen LogP contribution is -2.33. The van der Waals surface area contributed by atoms with Crippen LogP contribution >= 0.6 is 11.3 Å². The number of nitrogens with zero attached hydrogens (tertiary/aromatic N) is 1. The fraction of sp³-hybridized carbons (Fsp3) is 0.333. The second kappa shape index (κ2) is 9.03. The van der Waals surface area contributed by atoms with Crippen LogP contribution in [0.15, 0.2) is 53.1 Å². The van der Waals surface area contributed by atoms with Crippen LogP contribution in [0.3, 0.4) is 0 Å². The van der Waals surface area contributed by atoms with Crippen molar-refractivity contribution in [3.8, 4) is 5.75 Å². The van der Waals surface area contributed by atoms with Gasteiger partial charge in [-0.1, -0.05) is 25.1 Å². The van der Waals surface area contributed by atoms with Gasteiger partial charge in [-0.05, 0) is 35.6 Å². The van der Waals surface area contributed by atoms with Crippen molar-refractivity contribution in [1.82, 2.24) is 4.90 Å². The Bertz CT molecular complexity index is 857. The highest BCUT2D eigenvalue weighted by Gasteiger charge is 2.43. The summed E-state index contributed by atoms with van der Waals surface area (Å²) < 4.78 is 10.7. The number of benzene rings is 1. The van der Waals surface area contributed by atoms with E-state index in [-0.39, 0.29) is 17.9 Å². The molecule has 0 bridgehead atoms. The van der Waals surface area contributed by atoms with E-state index in [0.717, 1.165) is 17.7 Å². The molecule has 0 radical (unpaired) electrons. The van der Waals surface area contributed by atoms with Crippen molar-refractivity contribution >= 4 is 23.0 Å². The van der Waals surface area contributed by atoms with Gasteiger partial charge < -0.3 is 19.5 Å². The molecule has 1 atom stereocenters. The molecule has 0 aliphatic carbocycles. The Morgan fingerprint density at radius 2 is 1.96 bits per heavy atom. The summed E-state index contributed by atoms with van der Waals surface area (Å²) in [5.74, 6) is -0.672. The second-order valence-corrected chi connectivity index (χ2v) is 7.33.